The molecule has 0 amide bonds. The van der Waals surface area contributed by atoms with E-state index in [1.807, 2.05) is 0 Å². The van der Waals surface area contributed by atoms with Gasteiger partial charge in [0.25, 0.3) is 0 Å². The van der Waals surface area contributed by atoms with E-state index >= 15 is 0 Å². The summed E-state index contributed by atoms with van der Waals surface area (Å²) in [5, 5.41) is 47.6. The van der Waals surface area contributed by atoms with Crippen LogP contribution in [0.3, 0.4) is 0 Å². The third-order valence-corrected chi connectivity index (χ3v) is 4.45. The Labute approximate surface area is 126 Å². The fraction of sp³-hybridized carbons (Fsp3) is 1.00. The number of aliphatic hydroxyl groups excluding tert-OH is 5. The molecule has 0 aromatic heterocycles. The second-order valence-electron chi connectivity index (χ2n) is 5.54. The third-order valence-electron chi connectivity index (χ3n) is 3.91. The molecule has 21 heavy (non-hydrogen) atoms. The lowest BCUT2D eigenvalue weighted by molar-refractivity contribution is -0.359. The van der Waals surface area contributed by atoms with Crippen LogP contribution < -0.4 is 0 Å². The van der Waals surface area contributed by atoms with Gasteiger partial charge < -0.3 is 39.7 Å². The third kappa shape index (κ3) is 3.05. The number of aliphatic hydroxyl groups is 5. The van der Waals surface area contributed by atoms with E-state index in [1.54, 1.807) is 6.92 Å². The van der Waals surface area contributed by atoms with Crippen molar-refractivity contribution in [3.63, 3.8) is 0 Å². The highest BCUT2D eigenvalue weighted by Gasteiger charge is 2.54. The standard InChI is InChI=1S/C12H21ClO8/c1-4-7(15)10(18)12(2,20-4)21-11-9(17)8(16)6(13)5(3-14)19-11/h4-11,14-18H,3H2,1-2H3/t4-,5-,6+,7-,8+,9-,10+,11-,12+/m1/s1. The highest BCUT2D eigenvalue weighted by Crippen LogP contribution is 2.36. The van der Waals surface area contributed by atoms with Crippen molar-refractivity contribution in [2.24, 2.45) is 0 Å². The van der Waals surface area contributed by atoms with Gasteiger partial charge in [-0.1, -0.05) is 0 Å². The fourth-order valence-corrected chi connectivity index (χ4v) is 2.83. The quantitative estimate of drug-likeness (QED) is 0.373. The van der Waals surface area contributed by atoms with Crippen LogP contribution in [0.5, 0.6) is 0 Å². The SMILES string of the molecule is C[C@H]1O[C@@](C)(O[C@H]2O[C@H](CO)[C@H](Cl)[C@H](O)[C@H]2O)[C@@H](O)[C@@H]1O. The Morgan fingerprint density at radius 2 is 1.76 bits per heavy atom. The first-order valence-electron chi connectivity index (χ1n) is 6.69. The molecule has 9 atom stereocenters. The van der Waals surface area contributed by atoms with Crippen molar-refractivity contribution in [1.82, 2.24) is 0 Å². The Kier molecular flexibility index (Phi) is 5.14. The second kappa shape index (κ2) is 6.23. The summed E-state index contributed by atoms with van der Waals surface area (Å²) in [6, 6.07) is 0. The molecule has 2 fully saturated rings. The number of hydrogen-bond donors (Lipinski definition) is 5. The van der Waals surface area contributed by atoms with E-state index in [0.717, 1.165) is 0 Å². The summed E-state index contributed by atoms with van der Waals surface area (Å²) in [7, 11) is 0. The van der Waals surface area contributed by atoms with Gasteiger partial charge in [0.2, 0.25) is 0 Å². The van der Waals surface area contributed by atoms with Gasteiger partial charge in [0.1, 0.15) is 30.5 Å². The minimum absolute atomic E-state index is 0.475. The number of rotatable bonds is 3. The lowest BCUT2D eigenvalue weighted by Crippen LogP contribution is -2.60. The lowest BCUT2D eigenvalue weighted by Gasteiger charge is -2.42. The van der Waals surface area contributed by atoms with Gasteiger partial charge in [-0.25, -0.2) is 0 Å². The first-order valence-corrected chi connectivity index (χ1v) is 7.13. The zero-order chi connectivity index (χ0) is 15.9. The molecule has 2 aliphatic rings. The van der Waals surface area contributed by atoms with Crippen LogP contribution in [0.15, 0.2) is 0 Å². The van der Waals surface area contributed by atoms with Crippen LogP contribution in [0.25, 0.3) is 0 Å². The monoisotopic (exact) mass is 328 g/mol. The zero-order valence-corrected chi connectivity index (χ0v) is 12.4. The van der Waals surface area contributed by atoms with Crippen molar-refractivity contribution in [2.45, 2.75) is 67.9 Å². The molecule has 0 radical (unpaired) electrons. The molecule has 0 aromatic carbocycles. The topological polar surface area (TPSA) is 129 Å². The molecule has 0 unspecified atom stereocenters. The van der Waals surface area contributed by atoms with Crippen molar-refractivity contribution in [3.05, 3.63) is 0 Å². The van der Waals surface area contributed by atoms with Gasteiger partial charge in [-0.15, -0.1) is 11.6 Å². The second-order valence-corrected chi connectivity index (χ2v) is 6.05. The molecular weight excluding hydrogens is 308 g/mol. The van der Waals surface area contributed by atoms with Crippen molar-refractivity contribution < 1.29 is 39.7 Å². The molecule has 0 bridgehead atoms. The minimum Gasteiger partial charge on any atom is -0.394 e. The summed E-state index contributed by atoms with van der Waals surface area (Å²) in [6.07, 6.45) is -8.38. The Morgan fingerprint density at radius 3 is 2.24 bits per heavy atom. The van der Waals surface area contributed by atoms with Crippen LogP contribution in [-0.4, -0.2) is 86.2 Å². The van der Waals surface area contributed by atoms with Gasteiger partial charge in [-0.3, -0.25) is 0 Å². The van der Waals surface area contributed by atoms with E-state index in [0.29, 0.717) is 0 Å². The Hall–Kier alpha value is -0.0300. The smallest absolute Gasteiger partial charge is 0.197 e. The molecule has 0 spiro atoms. The number of hydrogen-bond acceptors (Lipinski definition) is 8. The minimum atomic E-state index is -1.62. The molecule has 8 nitrogen and oxygen atoms in total. The molecule has 0 aliphatic carbocycles. The lowest BCUT2D eigenvalue weighted by atomic mass is 10.0. The van der Waals surface area contributed by atoms with Gasteiger partial charge >= 0.3 is 0 Å². The van der Waals surface area contributed by atoms with Crippen LogP contribution in [-0.2, 0) is 14.2 Å². The van der Waals surface area contributed by atoms with Crippen molar-refractivity contribution >= 4 is 11.6 Å². The summed E-state index contributed by atoms with van der Waals surface area (Å²) in [5.74, 6) is -1.62. The fourth-order valence-electron chi connectivity index (χ4n) is 2.54. The van der Waals surface area contributed by atoms with Gasteiger partial charge in [0.15, 0.2) is 12.1 Å². The van der Waals surface area contributed by atoms with Crippen LogP contribution in [0, 0.1) is 0 Å². The van der Waals surface area contributed by atoms with Crippen LogP contribution in [0.1, 0.15) is 13.8 Å². The molecule has 2 aliphatic heterocycles. The summed E-state index contributed by atoms with van der Waals surface area (Å²) >= 11 is 5.85. The normalized spacial score (nSPS) is 54.9. The predicted molar refractivity (Wildman–Crippen MR) is 69.5 cm³/mol. The molecule has 9 heteroatoms. The van der Waals surface area contributed by atoms with Gasteiger partial charge in [-0.2, -0.15) is 0 Å². The van der Waals surface area contributed by atoms with E-state index in [4.69, 9.17) is 30.9 Å². The zero-order valence-electron chi connectivity index (χ0n) is 11.7. The molecule has 0 aromatic rings. The Bertz CT molecular complexity index is 369. The van der Waals surface area contributed by atoms with E-state index in [9.17, 15) is 20.4 Å². The molecule has 0 saturated carbocycles. The van der Waals surface area contributed by atoms with Crippen molar-refractivity contribution in [1.29, 1.82) is 0 Å². The average molecular weight is 329 g/mol. The average Bonchev–Trinajstić information content (AvgIpc) is 2.63. The maximum Gasteiger partial charge on any atom is 0.197 e. The molecule has 2 rings (SSSR count). The summed E-state index contributed by atoms with van der Waals surface area (Å²) in [6.45, 7) is 2.46. The van der Waals surface area contributed by atoms with Gasteiger partial charge in [-0.05, 0) is 13.8 Å². The van der Waals surface area contributed by atoms with Crippen molar-refractivity contribution in [3.8, 4) is 0 Å². The summed E-state index contributed by atoms with van der Waals surface area (Å²) < 4.78 is 16.1. The number of alkyl halides is 1. The van der Waals surface area contributed by atoms with Gasteiger partial charge in [0.05, 0.1) is 18.1 Å². The molecular formula is C12H21ClO8. The Morgan fingerprint density at radius 1 is 1.14 bits per heavy atom. The predicted octanol–water partition coefficient (Wildman–Crippen LogP) is -2.09. The van der Waals surface area contributed by atoms with Gasteiger partial charge in [0, 0.05) is 0 Å². The number of halogens is 1. The van der Waals surface area contributed by atoms with Crippen LogP contribution in [0.4, 0.5) is 0 Å². The van der Waals surface area contributed by atoms with E-state index in [2.05, 4.69) is 0 Å². The molecule has 124 valence electrons. The Balaban J connectivity index is 2.11. The van der Waals surface area contributed by atoms with E-state index in [1.165, 1.54) is 6.92 Å². The largest absolute Gasteiger partial charge is 0.394 e. The molecule has 5 N–H and O–H groups in total. The highest BCUT2D eigenvalue weighted by molar-refractivity contribution is 6.21. The van der Waals surface area contributed by atoms with E-state index < -0.39 is 60.7 Å². The maximum absolute atomic E-state index is 9.97. The van der Waals surface area contributed by atoms with Crippen LogP contribution in [0.2, 0.25) is 0 Å². The maximum atomic E-state index is 9.97. The first-order chi connectivity index (χ1) is 9.71. The number of ether oxygens (including phenoxy) is 3. The van der Waals surface area contributed by atoms with Crippen LogP contribution >= 0.6 is 11.6 Å². The van der Waals surface area contributed by atoms with Crippen molar-refractivity contribution in [2.75, 3.05) is 6.61 Å². The summed E-state index contributed by atoms with van der Waals surface area (Å²) in [5.41, 5.74) is 0. The first kappa shape index (κ1) is 17.3. The van der Waals surface area contributed by atoms with E-state index in [-0.39, 0.29) is 0 Å². The molecule has 2 heterocycles. The summed E-state index contributed by atoms with van der Waals surface area (Å²) in [4.78, 5) is 0. The molecule has 2 saturated heterocycles. The highest BCUT2D eigenvalue weighted by atomic mass is 35.5.